The number of hydrogen-bond acceptors (Lipinski definition) is 8. The molecule has 0 saturated heterocycles. The Bertz CT molecular complexity index is 1610. The topological polar surface area (TPSA) is 170 Å². The maximum Gasteiger partial charge on any atom is 0.294 e. The van der Waals surface area contributed by atoms with Crippen LogP contribution in [0.3, 0.4) is 0 Å². The summed E-state index contributed by atoms with van der Waals surface area (Å²) >= 11 is 7.80. The molecular formula is C32H44ClF3N8O3S. The molecule has 4 aromatic rings. The van der Waals surface area contributed by atoms with Crippen molar-refractivity contribution in [1.82, 2.24) is 19.9 Å². The standard InChI is InChI=1S/C29H31ClN8O3S.2CH3F.CH4.FH.H2/c30-25-23(20-10-5-2-6-11-20)38(28(41)26(37-25)33-15-13-19-8-3-1-4-9-19)18-22(39)36-21(12-7-14-35-29(31)32)24(40)27-34-16-17-42-27;2*1-2;;;/h1-6,8-11,16-17,21H,7,12-15,18H2,(H,33,37)(H,36,39)(H4,31,32,35);2*1H3;1H4;2*1H/t21-;;;;;/m0...../s1/i;;;;;1+2T/hT. The van der Waals surface area contributed by atoms with Gasteiger partial charge in [0, 0.05) is 33.2 Å². The minimum atomic E-state index is -0.894. The quantitative estimate of drug-likeness (QED) is 0.0589. The molecule has 4 rings (SSSR count). The van der Waals surface area contributed by atoms with Crippen LogP contribution in [0.15, 0.2) is 82.0 Å². The maximum absolute atomic E-state index is 13.7. The van der Waals surface area contributed by atoms with Gasteiger partial charge >= 0.3 is 0 Å². The summed E-state index contributed by atoms with van der Waals surface area (Å²) in [4.78, 5) is 52.6. The van der Waals surface area contributed by atoms with E-state index in [2.05, 4.69) is 27.0 Å². The zero-order valence-corrected chi connectivity index (χ0v) is 27.4. The Balaban J connectivity index is 0. The first-order chi connectivity index (χ1) is 24.3. The van der Waals surface area contributed by atoms with Gasteiger partial charge < -0.3 is 22.1 Å². The molecule has 0 unspecified atom stereocenters. The van der Waals surface area contributed by atoms with E-state index in [1.54, 1.807) is 29.6 Å². The van der Waals surface area contributed by atoms with Crippen molar-refractivity contribution in [2.75, 3.05) is 32.8 Å². The highest BCUT2D eigenvalue weighted by Crippen LogP contribution is 2.26. The SMILES string of the molecule is C.CF.CF.NC(N)=NCCC[C@H](NC(=O)Cn1c(-c2ccccc2)c(Cl)nc(NCCc2ccccc2)c1=O)C(=O)c1nccs1.[3H]F.[3H][3H]. The van der Waals surface area contributed by atoms with Crippen LogP contribution in [0, 0.1) is 0 Å². The molecule has 1 atom stereocenters. The number of nitrogens with two attached hydrogens (primary N) is 2. The van der Waals surface area contributed by atoms with E-state index in [4.69, 9.17) is 30.8 Å². The summed E-state index contributed by atoms with van der Waals surface area (Å²) in [7, 11) is 1.00. The van der Waals surface area contributed by atoms with Crippen LogP contribution in [-0.4, -0.2) is 67.1 Å². The van der Waals surface area contributed by atoms with Crippen molar-refractivity contribution in [1.29, 1.82) is 1.45 Å². The first-order valence-corrected chi connectivity index (χ1v) is 15.3. The summed E-state index contributed by atoms with van der Waals surface area (Å²) in [6.45, 7) is 0.323. The number of anilines is 1. The van der Waals surface area contributed by atoms with Crippen LogP contribution < -0.4 is 27.7 Å². The van der Waals surface area contributed by atoms with Crippen LogP contribution in [0.1, 0.15) is 38.6 Å². The monoisotopic (exact) mass is 718 g/mol. The van der Waals surface area contributed by atoms with E-state index in [0.29, 0.717) is 45.0 Å². The highest BCUT2D eigenvalue weighted by atomic mass is 35.5. The Labute approximate surface area is 291 Å². The molecule has 0 radical (unpaired) electrons. The number of thiazole rings is 1. The molecule has 0 aliphatic carbocycles. The molecule has 2 heterocycles. The number of guanidine groups is 1. The van der Waals surface area contributed by atoms with Gasteiger partial charge in [0.05, 0.1) is 26.1 Å². The molecule has 1 amide bonds. The van der Waals surface area contributed by atoms with E-state index in [1.807, 2.05) is 36.4 Å². The number of carbonyl (C=O) groups is 2. The van der Waals surface area contributed by atoms with Gasteiger partial charge in [-0.1, -0.05) is 79.7 Å². The van der Waals surface area contributed by atoms with Gasteiger partial charge in [-0.05, 0) is 24.8 Å². The number of alkyl halides is 2. The third-order valence-corrected chi connectivity index (χ3v) is 7.31. The number of carbonyl (C=O) groups excluding carboxylic acids is 2. The van der Waals surface area contributed by atoms with Crippen molar-refractivity contribution < 1.29 is 26.1 Å². The second-order valence-corrected chi connectivity index (χ2v) is 10.5. The van der Waals surface area contributed by atoms with Gasteiger partial charge in [-0.15, -0.1) is 11.3 Å². The van der Waals surface area contributed by atoms with Gasteiger partial charge in [0.1, 0.15) is 6.54 Å². The third-order valence-electron chi connectivity index (χ3n) is 6.26. The minimum absolute atomic E-state index is 0. The summed E-state index contributed by atoms with van der Waals surface area (Å²) in [6.07, 6.45) is 2.88. The normalized spacial score (nSPS) is 10.6. The molecule has 16 heteroatoms. The Hall–Kier alpha value is -4.76. The highest BCUT2D eigenvalue weighted by molar-refractivity contribution is 7.11. The fourth-order valence-corrected chi connectivity index (χ4v) is 5.22. The lowest BCUT2D eigenvalue weighted by atomic mass is 10.1. The maximum atomic E-state index is 13.7. The van der Waals surface area contributed by atoms with Crippen LogP contribution >= 0.6 is 22.9 Å². The number of hydrogen-bond donors (Lipinski definition) is 4. The highest BCUT2D eigenvalue weighted by Gasteiger charge is 2.25. The van der Waals surface area contributed by atoms with E-state index >= 15 is 0 Å². The number of aliphatic imine (C=N–C) groups is 1. The molecule has 0 aliphatic heterocycles. The van der Waals surface area contributed by atoms with Crippen LogP contribution in [0.25, 0.3) is 11.3 Å². The molecule has 2 aromatic heterocycles. The van der Waals surface area contributed by atoms with Gasteiger partial charge in [0.25, 0.3) is 7.01 Å². The molecule has 6 N–H and O–H groups in total. The number of ketones is 1. The van der Waals surface area contributed by atoms with E-state index in [9.17, 15) is 23.2 Å². The van der Waals surface area contributed by atoms with Crippen molar-refractivity contribution >= 4 is 46.4 Å². The number of halogens is 4. The Kier molecular flexibility index (Phi) is 19.3. The first kappa shape index (κ1) is 39.4. The van der Waals surface area contributed by atoms with Crippen LogP contribution in [0.5, 0.6) is 0 Å². The number of benzene rings is 2. The second-order valence-electron chi connectivity index (χ2n) is 9.29. The molecule has 11 nitrogen and oxygen atoms in total. The smallest absolute Gasteiger partial charge is 0.294 e. The van der Waals surface area contributed by atoms with Gasteiger partial charge in [-0.25, -0.2) is 9.97 Å². The van der Waals surface area contributed by atoms with Crippen LogP contribution in [-0.2, 0) is 17.8 Å². The summed E-state index contributed by atoms with van der Waals surface area (Å²) in [6, 6.07) is 17.9. The Morgan fingerprint density at radius 2 is 1.75 bits per heavy atom. The summed E-state index contributed by atoms with van der Waals surface area (Å²) < 4.78 is 43.3. The van der Waals surface area contributed by atoms with E-state index in [-0.39, 0.29) is 48.1 Å². The van der Waals surface area contributed by atoms with Crippen molar-refractivity contribution in [3.63, 3.8) is 0 Å². The predicted molar refractivity (Wildman–Crippen MR) is 191 cm³/mol. The molecule has 0 bridgehead atoms. The summed E-state index contributed by atoms with van der Waals surface area (Å²) in [5.41, 5.74) is 12.3. The largest absolute Gasteiger partial charge is 0.370 e. The molecule has 264 valence electrons. The van der Waals surface area contributed by atoms with Crippen molar-refractivity contribution in [2.45, 2.75) is 39.3 Å². The van der Waals surface area contributed by atoms with Crippen molar-refractivity contribution in [2.24, 2.45) is 16.5 Å². The number of Topliss-reactive ketones (excluding diaryl/α,β-unsaturated/α-hetero) is 1. The molecule has 0 aliphatic rings. The van der Waals surface area contributed by atoms with Gasteiger partial charge in [-0.2, -0.15) is 0 Å². The molecular weight excluding hydrogens is 669 g/mol. The fraction of sp³-hybridized carbons (Fsp3) is 0.312. The van der Waals surface area contributed by atoms with E-state index < -0.39 is 24.1 Å². The zero-order chi connectivity index (χ0) is 37.9. The lowest BCUT2D eigenvalue weighted by Gasteiger charge is -2.19. The number of amides is 1. The molecule has 0 saturated carbocycles. The molecule has 0 fully saturated rings. The summed E-state index contributed by atoms with van der Waals surface area (Å²) in [5.74, 6) is -0.924. The van der Waals surface area contributed by atoms with E-state index in [0.717, 1.165) is 5.56 Å². The summed E-state index contributed by atoms with van der Waals surface area (Å²) in [5, 5.41) is 7.84. The second kappa shape index (κ2) is 23.5. The number of rotatable bonds is 14. The van der Waals surface area contributed by atoms with Gasteiger partial charge in [0.2, 0.25) is 11.7 Å². The van der Waals surface area contributed by atoms with Crippen LogP contribution in [0.4, 0.5) is 19.3 Å². The molecule has 2 aromatic carbocycles. The molecule has 48 heavy (non-hydrogen) atoms. The van der Waals surface area contributed by atoms with Crippen LogP contribution in [0.2, 0.25) is 5.15 Å². The Morgan fingerprint density at radius 1 is 1.12 bits per heavy atom. The lowest BCUT2D eigenvalue weighted by molar-refractivity contribution is -0.122. The Morgan fingerprint density at radius 3 is 2.33 bits per heavy atom. The van der Waals surface area contributed by atoms with Gasteiger partial charge in [0.15, 0.2) is 21.9 Å². The molecule has 0 spiro atoms. The number of nitrogens with one attached hydrogen (secondary N) is 2. The first-order valence-electron chi connectivity index (χ1n) is 15.4. The number of nitrogens with zero attached hydrogens (tertiary/aromatic N) is 4. The lowest BCUT2D eigenvalue weighted by Crippen LogP contribution is -2.44. The zero-order valence-electron chi connectivity index (χ0n) is 28.8. The average Bonchev–Trinajstić information content (AvgIpc) is 3.71. The third kappa shape index (κ3) is 13.2. The average molecular weight is 719 g/mol. The number of aromatic nitrogens is 3. The van der Waals surface area contributed by atoms with Crippen molar-refractivity contribution in [3.05, 3.63) is 98.3 Å². The van der Waals surface area contributed by atoms with Gasteiger partial charge in [-0.3, -0.25) is 37.4 Å². The predicted octanol–water partition coefficient (Wildman–Crippen LogP) is 5.30. The fourth-order valence-electron chi connectivity index (χ4n) is 4.30. The van der Waals surface area contributed by atoms with E-state index in [1.165, 1.54) is 22.1 Å². The minimum Gasteiger partial charge on any atom is -0.370 e. The van der Waals surface area contributed by atoms with Crippen molar-refractivity contribution in [3.8, 4) is 11.3 Å².